The third kappa shape index (κ3) is 6.04. The zero-order chi connectivity index (χ0) is 8.91. The molecule has 0 aliphatic carbocycles. The maximum Gasteiger partial charge on any atom is 0.333 e. The van der Waals surface area contributed by atoms with Crippen molar-refractivity contribution in [2.75, 3.05) is 6.16 Å². The van der Waals surface area contributed by atoms with Gasteiger partial charge in [0.25, 0.3) is 0 Å². The Balaban J connectivity index is 3.90. The highest BCUT2D eigenvalue weighted by molar-refractivity contribution is 7.53. The summed E-state index contributed by atoms with van der Waals surface area (Å²) >= 11 is 0. The summed E-state index contributed by atoms with van der Waals surface area (Å²) in [6, 6.07) is 0. The van der Waals surface area contributed by atoms with Crippen molar-refractivity contribution in [1.82, 2.24) is 0 Å². The van der Waals surface area contributed by atoms with Gasteiger partial charge in [0.2, 0.25) is 0 Å². The average molecular weight is 181 g/mol. The van der Waals surface area contributed by atoms with Crippen LogP contribution in [0.5, 0.6) is 0 Å². The standard InChI is InChI=1S/C5H12NO4P/c1-5(2)10-11(8,9)4-3-6-7/h3,5,7H,4H2,1-2H3,(H,8,9). The Bertz CT molecular complexity index is 179. The van der Waals surface area contributed by atoms with E-state index in [2.05, 4.69) is 9.68 Å². The average Bonchev–Trinajstić information content (AvgIpc) is 1.81. The molecule has 0 saturated heterocycles. The van der Waals surface area contributed by atoms with Gasteiger partial charge in [0.05, 0.1) is 18.5 Å². The first-order valence-electron chi connectivity index (χ1n) is 3.14. The summed E-state index contributed by atoms with van der Waals surface area (Å²) in [5.74, 6) is 0. The highest BCUT2D eigenvalue weighted by Gasteiger charge is 2.19. The minimum absolute atomic E-state index is 0.262. The second-order valence-corrected chi connectivity index (χ2v) is 4.12. The molecular weight excluding hydrogens is 169 g/mol. The molecule has 0 radical (unpaired) electrons. The number of nitrogens with zero attached hydrogens (tertiary/aromatic N) is 1. The topological polar surface area (TPSA) is 79.1 Å². The molecule has 1 unspecified atom stereocenters. The summed E-state index contributed by atoms with van der Waals surface area (Å²) in [5.41, 5.74) is 0. The summed E-state index contributed by atoms with van der Waals surface area (Å²) in [7, 11) is -3.57. The lowest BCUT2D eigenvalue weighted by molar-refractivity contribution is 0.207. The van der Waals surface area contributed by atoms with E-state index < -0.39 is 7.60 Å². The summed E-state index contributed by atoms with van der Waals surface area (Å²) in [6.07, 6.45) is 0.364. The molecule has 0 amide bonds. The Morgan fingerprint density at radius 1 is 1.73 bits per heavy atom. The van der Waals surface area contributed by atoms with E-state index in [1.165, 1.54) is 0 Å². The Hall–Kier alpha value is -0.380. The zero-order valence-electron chi connectivity index (χ0n) is 6.47. The van der Waals surface area contributed by atoms with Crippen LogP contribution < -0.4 is 0 Å². The number of hydrogen-bond donors (Lipinski definition) is 2. The molecule has 0 aromatic heterocycles. The van der Waals surface area contributed by atoms with Crippen molar-refractivity contribution in [3.63, 3.8) is 0 Å². The van der Waals surface area contributed by atoms with Crippen LogP contribution in [-0.4, -0.2) is 28.6 Å². The third-order valence-corrected chi connectivity index (χ3v) is 2.15. The molecular formula is C5H12NO4P. The zero-order valence-corrected chi connectivity index (χ0v) is 7.36. The lowest BCUT2D eigenvalue weighted by atomic mass is 10.5. The molecule has 2 N–H and O–H groups in total. The van der Waals surface area contributed by atoms with Crippen molar-refractivity contribution in [1.29, 1.82) is 0 Å². The molecule has 0 fully saturated rings. The highest BCUT2D eigenvalue weighted by atomic mass is 31.2. The molecule has 0 aliphatic rings. The minimum Gasteiger partial charge on any atom is -0.411 e. The predicted octanol–water partition coefficient (Wildman–Crippen LogP) is 1.06. The first-order chi connectivity index (χ1) is 4.98. The SMILES string of the molecule is CC(C)OP(=O)(O)CC=NO. The maximum absolute atomic E-state index is 10.9. The molecule has 0 spiro atoms. The van der Waals surface area contributed by atoms with Crippen LogP contribution in [0, 0.1) is 0 Å². The van der Waals surface area contributed by atoms with E-state index in [0.717, 1.165) is 6.21 Å². The van der Waals surface area contributed by atoms with E-state index in [4.69, 9.17) is 10.1 Å². The quantitative estimate of drug-likeness (QED) is 0.294. The Morgan fingerprint density at radius 3 is 2.64 bits per heavy atom. The third-order valence-electron chi connectivity index (χ3n) is 0.770. The van der Waals surface area contributed by atoms with Crippen LogP contribution in [-0.2, 0) is 9.09 Å². The molecule has 66 valence electrons. The van der Waals surface area contributed by atoms with Crippen molar-refractivity contribution < 1.29 is 19.2 Å². The van der Waals surface area contributed by atoms with Crippen LogP contribution in [0.2, 0.25) is 0 Å². The molecule has 0 aromatic carbocycles. The van der Waals surface area contributed by atoms with Gasteiger partial charge in [0.1, 0.15) is 0 Å². The van der Waals surface area contributed by atoms with Gasteiger partial charge in [-0.15, -0.1) is 5.16 Å². The van der Waals surface area contributed by atoms with Gasteiger partial charge < -0.3 is 14.6 Å². The Labute approximate surface area is 65.2 Å². The van der Waals surface area contributed by atoms with E-state index in [9.17, 15) is 4.57 Å². The van der Waals surface area contributed by atoms with Crippen molar-refractivity contribution in [2.24, 2.45) is 5.16 Å². The van der Waals surface area contributed by atoms with Crippen LogP contribution in [0.1, 0.15) is 13.8 Å². The summed E-state index contributed by atoms with van der Waals surface area (Å²) in [5, 5.41) is 10.5. The minimum atomic E-state index is -3.57. The Kier molecular flexibility index (Phi) is 4.33. The fraction of sp³-hybridized carbons (Fsp3) is 0.800. The summed E-state index contributed by atoms with van der Waals surface area (Å²) in [4.78, 5) is 8.95. The summed E-state index contributed by atoms with van der Waals surface area (Å²) < 4.78 is 15.6. The second-order valence-electron chi connectivity index (χ2n) is 2.27. The largest absolute Gasteiger partial charge is 0.411 e. The van der Waals surface area contributed by atoms with E-state index >= 15 is 0 Å². The van der Waals surface area contributed by atoms with E-state index in [0.29, 0.717) is 0 Å². The normalized spacial score (nSPS) is 17.5. The molecule has 11 heavy (non-hydrogen) atoms. The van der Waals surface area contributed by atoms with Gasteiger partial charge in [-0.05, 0) is 13.8 Å². The van der Waals surface area contributed by atoms with Crippen molar-refractivity contribution >= 4 is 13.8 Å². The molecule has 0 bridgehead atoms. The maximum atomic E-state index is 10.9. The second kappa shape index (κ2) is 4.49. The van der Waals surface area contributed by atoms with Crippen molar-refractivity contribution in [3.05, 3.63) is 0 Å². The smallest absolute Gasteiger partial charge is 0.333 e. The van der Waals surface area contributed by atoms with Gasteiger partial charge in [0.15, 0.2) is 0 Å². The molecule has 0 rings (SSSR count). The molecule has 6 heteroatoms. The fourth-order valence-corrected chi connectivity index (χ4v) is 1.54. The van der Waals surface area contributed by atoms with Gasteiger partial charge in [-0.3, -0.25) is 4.57 Å². The molecule has 1 atom stereocenters. The molecule has 5 nitrogen and oxygen atoms in total. The fourth-order valence-electron chi connectivity index (χ4n) is 0.512. The van der Waals surface area contributed by atoms with E-state index in [-0.39, 0.29) is 12.3 Å². The van der Waals surface area contributed by atoms with Gasteiger partial charge >= 0.3 is 7.60 Å². The summed E-state index contributed by atoms with van der Waals surface area (Å²) in [6.45, 7) is 3.30. The van der Waals surface area contributed by atoms with Gasteiger partial charge in [-0.2, -0.15) is 0 Å². The number of rotatable bonds is 4. The van der Waals surface area contributed by atoms with Crippen molar-refractivity contribution in [3.8, 4) is 0 Å². The van der Waals surface area contributed by atoms with Gasteiger partial charge in [-0.1, -0.05) is 0 Å². The molecule has 0 heterocycles. The predicted molar refractivity (Wildman–Crippen MR) is 41.2 cm³/mol. The van der Waals surface area contributed by atoms with E-state index in [1.54, 1.807) is 13.8 Å². The first-order valence-corrected chi connectivity index (χ1v) is 4.90. The van der Waals surface area contributed by atoms with Crippen LogP contribution in [0.25, 0.3) is 0 Å². The lowest BCUT2D eigenvalue weighted by Crippen LogP contribution is -2.03. The van der Waals surface area contributed by atoms with Crippen LogP contribution >= 0.6 is 7.60 Å². The molecule has 0 saturated carbocycles. The first kappa shape index (κ1) is 10.6. The lowest BCUT2D eigenvalue weighted by Gasteiger charge is -2.11. The van der Waals surface area contributed by atoms with E-state index in [1.807, 2.05) is 0 Å². The monoisotopic (exact) mass is 181 g/mol. The van der Waals surface area contributed by atoms with Gasteiger partial charge in [-0.25, -0.2) is 0 Å². The van der Waals surface area contributed by atoms with Crippen molar-refractivity contribution in [2.45, 2.75) is 20.0 Å². The van der Waals surface area contributed by atoms with Crippen LogP contribution in [0.4, 0.5) is 0 Å². The van der Waals surface area contributed by atoms with Crippen LogP contribution in [0.3, 0.4) is 0 Å². The van der Waals surface area contributed by atoms with Crippen LogP contribution in [0.15, 0.2) is 5.16 Å². The van der Waals surface area contributed by atoms with Gasteiger partial charge in [0, 0.05) is 0 Å². The number of hydrogen-bond acceptors (Lipinski definition) is 4. The number of oxime groups is 1. The molecule has 0 aliphatic heterocycles. The highest BCUT2D eigenvalue weighted by Crippen LogP contribution is 2.41. The molecule has 0 aromatic rings. The Morgan fingerprint density at radius 2 is 2.27 bits per heavy atom.